The highest BCUT2D eigenvalue weighted by molar-refractivity contribution is 5.29. The predicted molar refractivity (Wildman–Crippen MR) is 98.5 cm³/mol. The highest BCUT2D eigenvalue weighted by atomic mass is 16.5. The fourth-order valence-corrected chi connectivity index (χ4v) is 4.81. The number of para-hydroxylation sites is 1. The summed E-state index contributed by atoms with van der Waals surface area (Å²) in [7, 11) is 0. The molecule has 0 spiro atoms. The molecule has 1 aliphatic carbocycles. The van der Waals surface area contributed by atoms with Gasteiger partial charge in [0.15, 0.2) is 0 Å². The van der Waals surface area contributed by atoms with Gasteiger partial charge in [0.05, 0.1) is 0 Å². The quantitative estimate of drug-likeness (QED) is 0.803. The Morgan fingerprint density at radius 2 is 1.71 bits per heavy atom. The monoisotopic (exact) mass is 321 g/mol. The van der Waals surface area contributed by atoms with Gasteiger partial charge in [0.1, 0.15) is 12.4 Å². The van der Waals surface area contributed by atoms with E-state index < -0.39 is 0 Å². The third-order valence-electron chi connectivity index (χ3n) is 6.08. The van der Waals surface area contributed by atoms with Crippen LogP contribution in [0.1, 0.15) is 31.2 Å². The number of piperidine rings is 1. The molecule has 1 saturated heterocycles. The topological polar surface area (TPSA) is 12.5 Å². The Balaban J connectivity index is 1.36. The molecule has 2 unspecified atom stereocenters. The average molecular weight is 321 g/mol. The number of rotatable bonds is 5. The van der Waals surface area contributed by atoms with Crippen LogP contribution in [0.2, 0.25) is 0 Å². The van der Waals surface area contributed by atoms with Crippen LogP contribution in [0.5, 0.6) is 5.75 Å². The SMILES string of the molecule is c1ccc(OCCN2CCC3(c4ccccc4)CCCC3C2)cc1. The zero-order chi connectivity index (χ0) is 16.2. The maximum absolute atomic E-state index is 5.89. The minimum Gasteiger partial charge on any atom is -0.492 e. The smallest absolute Gasteiger partial charge is 0.119 e. The first-order chi connectivity index (χ1) is 11.9. The normalized spacial score (nSPS) is 26.9. The molecule has 0 N–H and O–H groups in total. The highest BCUT2D eigenvalue weighted by Crippen LogP contribution is 2.50. The summed E-state index contributed by atoms with van der Waals surface area (Å²) in [4.78, 5) is 2.61. The van der Waals surface area contributed by atoms with E-state index in [9.17, 15) is 0 Å². The Morgan fingerprint density at radius 1 is 0.958 bits per heavy atom. The molecular formula is C22H27NO. The summed E-state index contributed by atoms with van der Waals surface area (Å²) in [6, 6.07) is 21.4. The largest absolute Gasteiger partial charge is 0.492 e. The van der Waals surface area contributed by atoms with Crippen LogP contribution in [0.25, 0.3) is 0 Å². The van der Waals surface area contributed by atoms with Crippen molar-refractivity contribution in [3.63, 3.8) is 0 Å². The zero-order valence-corrected chi connectivity index (χ0v) is 14.4. The summed E-state index contributed by atoms with van der Waals surface area (Å²) in [5, 5.41) is 0. The molecule has 2 aromatic carbocycles. The van der Waals surface area contributed by atoms with Gasteiger partial charge in [-0.1, -0.05) is 55.0 Å². The lowest BCUT2D eigenvalue weighted by molar-refractivity contribution is 0.0970. The molecule has 2 fully saturated rings. The summed E-state index contributed by atoms with van der Waals surface area (Å²) in [6.07, 6.45) is 5.43. The Kier molecular flexibility index (Phi) is 4.57. The van der Waals surface area contributed by atoms with Gasteiger partial charge in [-0.25, -0.2) is 0 Å². The molecule has 24 heavy (non-hydrogen) atoms. The second-order valence-corrected chi connectivity index (χ2v) is 7.32. The van der Waals surface area contributed by atoms with Gasteiger partial charge in [0.25, 0.3) is 0 Å². The number of hydrogen-bond donors (Lipinski definition) is 0. The molecule has 2 aromatic rings. The third kappa shape index (κ3) is 3.08. The first kappa shape index (κ1) is 15.7. The standard InChI is InChI=1S/C22H27NO/c1-3-8-19(9-4-1)22-13-7-10-20(22)18-23(15-14-22)16-17-24-21-11-5-2-6-12-21/h1-6,8-9,11-12,20H,7,10,13-18H2. The molecule has 4 rings (SSSR count). The van der Waals surface area contributed by atoms with Crippen molar-refractivity contribution in [2.75, 3.05) is 26.2 Å². The lowest BCUT2D eigenvalue weighted by Gasteiger charge is -2.45. The minimum absolute atomic E-state index is 0.443. The zero-order valence-electron chi connectivity index (χ0n) is 14.4. The van der Waals surface area contributed by atoms with Crippen LogP contribution in [0.3, 0.4) is 0 Å². The summed E-state index contributed by atoms with van der Waals surface area (Å²) in [6.45, 7) is 4.25. The summed E-state index contributed by atoms with van der Waals surface area (Å²) in [5.74, 6) is 1.79. The first-order valence-corrected chi connectivity index (χ1v) is 9.33. The van der Waals surface area contributed by atoms with Crippen molar-refractivity contribution in [3.05, 3.63) is 66.2 Å². The van der Waals surface area contributed by atoms with E-state index in [2.05, 4.69) is 35.2 Å². The lowest BCUT2D eigenvalue weighted by atomic mass is 9.68. The Bertz CT molecular complexity index is 642. The van der Waals surface area contributed by atoms with Crippen LogP contribution in [0, 0.1) is 5.92 Å². The number of fused-ring (bicyclic) bond motifs is 1. The number of nitrogens with zero attached hydrogens (tertiary/aromatic N) is 1. The van der Waals surface area contributed by atoms with E-state index in [0.29, 0.717) is 5.41 Å². The van der Waals surface area contributed by atoms with Crippen LogP contribution >= 0.6 is 0 Å². The van der Waals surface area contributed by atoms with Gasteiger partial charge in [-0.3, -0.25) is 4.90 Å². The van der Waals surface area contributed by atoms with Gasteiger partial charge in [0.2, 0.25) is 0 Å². The molecule has 0 radical (unpaired) electrons. The fraction of sp³-hybridized carbons (Fsp3) is 0.455. The van der Waals surface area contributed by atoms with Gasteiger partial charge in [-0.05, 0) is 49.4 Å². The molecule has 0 aromatic heterocycles. The van der Waals surface area contributed by atoms with E-state index in [-0.39, 0.29) is 0 Å². The molecule has 1 saturated carbocycles. The maximum Gasteiger partial charge on any atom is 0.119 e. The van der Waals surface area contributed by atoms with Gasteiger partial charge in [0, 0.05) is 18.5 Å². The van der Waals surface area contributed by atoms with E-state index in [1.807, 2.05) is 30.3 Å². The second kappa shape index (κ2) is 6.98. The predicted octanol–water partition coefficient (Wildman–Crippen LogP) is 4.51. The molecule has 0 amide bonds. The summed E-state index contributed by atoms with van der Waals surface area (Å²) in [5.41, 5.74) is 2.02. The molecular weight excluding hydrogens is 294 g/mol. The van der Waals surface area contributed by atoms with Crippen molar-refractivity contribution < 1.29 is 4.74 Å². The molecule has 1 heterocycles. The summed E-state index contributed by atoms with van der Waals surface area (Å²) < 4.78 is 5.89. The van der Waals surface area contributed by atoms with Gasteiger partial charge >= 0.3 is 0 Å². The lowest BCUT2D eigenvalue weighted by Crippen LogP contribution is -2.48. The van der Waals surface area contributed by atoms with Gasteiger partial charge in [-0.15, -0.1) is 0 Å². The molecule has 0 bridgehead atoms. The van der Waals surface area contributed by atoms with Crippen molar-refractivity contribution in [1.82, 2.24) is 4.90 Å². The molecule has 2 heteroatoms. The fourth-order valence-electron chi connectivity index (χ4n) is 4.81. The molecule has 2 nitrogen and oxygen atoms in total. The molecule has 1 aliphatic heterocycles. The Morgan fingerprint density at radius 3 is 2.50 bits per heavy atom. The van der Waals surface area contributed by atoms with Crippen molar-refractivity contribution in [3.8, 4) is 5.75 Å². The van der Waals surface area contributed by atoms with E-state index in [1.165, 1.54) is 38.8 Å². The second-order valence-electron chi connectivity index (χ2n) is 7.32. The van der Waals surface area contributed by atoms with Crippen molar-refractivity contribution in [2.24, 2.45) is 5.92 Å². The average Bonchev–Trinajstić information content (AvgIpc) is 3.08. The van der Waals surface area contributed by atoms with Crippen molar-refractivity contribution >= 4 is 0 Å². The first-order valence-electron chi connectivity index (χ1n) is 9.33. The van der Waals surface area contributed by atoms with Crippen LogP contribution in [-0.4, -0.2) is 31.1 Å². The Labute approximate surface area is 145 Å². The van der Waals surface area contributed by atoms with E-state index in [0.717, 1.165) is 24.8 Å². The third-order valence-corrected chi connectivity index (χ3v) is 6.08. The molecule has 2 aliphatic rings. The van der Waals surface area contributed by atoms with Gasteiger partial charge in [-0.2, -0.15) is 0 Å². The Hall–Kier alpha value is -1.80. The number of ether oxygens (including phenoxy) is 1. The van der Waals surface area contributed by atoms with E-state index >= 15 is 0 Å². The van der Waals surface area contributed by atoms with Crippen LogP contribution < -0.4 is 4.74 Å². The highest BCUT2D eigenvalue weighted by Gasteiger charge is 2.46. The van der Waals surface area contributed by atoms with E-state index in [1.54, 1.807) is 5.56 Å². The molecule has 2 atom stereocenters. The number of likely N-dealkylation sites (tertiary alicyclic amines) is 1. The van der Waals surface area contributed by atoms with Gasteiger partial charge < -0.3 is 4.74 Å². The van der Waals surface area contributed by atoms with Crippen molar-refractivity contribution in [1.29, 1.82) is 0 Å². The van der Waals surface area contributed by atoms with Crippen molar-refractivity contribution in [2.45, 2.75) is 31.1 Å². The van der Waals surface area contributed by atoms with E-state index in [4.69, 9.17) is 4.74 Å². The van der Waals surface area contributed by atoms with Crippen LogP contribution in [0.15, 0.2) is 60.7 Å². The van der Waals surface area contributed by atoms with Crippen LogP contribution in [-0.2, 0) is 5.41 Å². The number of benzene rings is 2. The summed E-state index contributed by atoms with van der Waals surface area (Å²) >= 11 is 0. The minimum atomic E-state index is 0.443. The molecule has 126 valence electrons. The maximum atomic E-state index is 5.89. The van der Waals surface area contributed by atoms with Crippen LogP contribution in [0.4, 0.5) is 0 Å². The number of hydrogen-bond acceptors (Lipinski definition) is 2.